The first kappa shape index (κ1) is 13.9. The second-order valence-corrected chi connectivity index (χ2v) is 5.65. The Bertz CT molecular complexity index is 606. The summed E-state index contributed by atoms with van der Waals surface area (Å²) in [6, 6.07) is 8.05. The van der Waals surface area contributed by atoms with E-state index in [0.29, 0.717) is 18.3 Å². The molecule has 0 radical (unpaired) electrons. The zero-order valence-electron chi connectivity index (χ0n) is 12.2. The number of carbonyl (C=O) groups is 1. The van der Waals surface area contributed by atoms with Crippen molar-refractivity contribution >= 4 is 6.29 Å². The van der Waals surface area contributed by atoms with E-state index in [1.165, 1.54) is 5.56 Å². The largest absolute Gasteiger partial charge is 0.338 e. The number of rotatable bonds is 4. The van der Waals surface area contributed by atoms with Crippen LogP contribution in [0.5, 0.6) is 0 Å². The summed E-state index contributed by atoms with van der Waals surface area (Å²) in [5, 5.41) is 4.04. The van der Waals surface area contributed by atoms with Gasteiger partial charge in [0.25, 0.3) is 0 Å². The maximum atomic E-state index is 10.9. The molecule has 0 spiro atoms. The Labute approximate surface area is 124 Å². The van der Waals surface area contributed by atoms with Gasteiger partial charge in [-0.15, -0.1) is 0 Å². The molecular weight excluding hydrogens is 266 g/mol. The third kappa shape index (κ3) is 3.36. The third-order valence-electron chi connectivity index (χ3n) is 3.87. The summed E-state index contributed by atoms with van der Waals surface area (Å²) in [7, 11) is 0. The molecule has 0 N–H and O–H groups in total. The van der Waals surface area contributed by atoms with Crippen molar-refractivity contribution in [3.05, 3.63) is 35.7 Å². The highest BCUT2D eigenvalue weighted by Crippen LogP contribution is 2.19. The van der Waals surface area contributed by atoms with Crippen molar-refractivity contribution in [2.75, 3.05) is 13.1 Å². The van der Waals surface area contributed by atoms with Crippen LogP contribution in [0.25, 0.3) is 11.4 Å². The van der Waals surface area contributed by atoms with Gasteiger partial charge >= 0.3 is 0 Å². The zero-order chi connectivity index (χ0) is 14.7. The van der Waals surface area contributed by atoms with Gasteiger partial charge in [0, 0.05) is 18.0 Å². The summed E-state index contributed by atoms with van der Waals surface area (Å²) >= 11 is 0. The summed E-state index contributed by atoms with van der Waals surface area (Å²) in [5.41, 5.74) is 2.16. The third-order valence-corrected chi connectivity index (χ3v) is 3.87. The molecule has 1 aliphatic heterocycles. The van der Waals surface area contributed by atoms with Crippen LogP contribution in [-0.4, -0.2) is 34.4 Å². The standard InChI is InChI=1S/C16H19N3O2/c1-12-4-6-14(7-5-12)16-17-15(21-18-16)10-19-8-2-3-13(9-19)11-20/h4-7,11,13H,2-3,8-10H2,1H3. The Morgan fingerprint density at radius 1 is 1.38 bits per heavy atom. The number of carbonyl (C=O) groups excluding carboxylic acids is 1. The van der Waals surface area contributed by atoms with Gasteiger partial charge in [0.1, 0.15) is 6.29 Å². The molecule has 1 fully saturated rings. The van der Waals surface area contributed by atoms with Crippen LogP contribution in [0.4, 0.5) is 0 Å². The van der Waals surface area contributed by atoms with Crippen LogP contribution in [0, 0.1) is 12.8 Å². The molecular formula is C16H19N3O2. The summed E-state index contributed by atoms with van der Waals surface area (Å²) < 4.78 is 5.33. The summed E-state index contributed by atoms with van der Waals surface area (Å²) in [5.74, 6) is 1.37. The molecule has 1 unspecified atom stereocenters. The molecule has 1 aliphatic rings. The first-order chi connectivity index (χ1) is 10.2. The second-order valence-electron chi connectivity index (χ2n) is 5.65. The van der Waals surface area contributed by atoms with Gasteiger partial charge in [0.2, 0.25) is 11.7 Å². The Morgan fingerprint density at radius 3 is 2.95 bits per heavy atom. The summed E-state index contributed by atoms with van der Waals surface area (Å²) in [4.78, 5) is 17.5. The molecule has 5 nitrogen and oxygen atoms in total. The van der Waals surface area contributed by atoms with E-state index in [4.69, 9.17) is 4.52 Å². The van der Waals surface area contributed by atoms with E-state index in [0.717, 1.165) is 37.8 Å². The average Bonchev–Trinajstić information content (AvgIpc) is 2.96. The zero-order valence-corrected chi connectivity index (χ0v) is 12.2. The van der Waals surface area contributed by atoms with Gasteiger partial charge in [-0.3, -0.25) is 4.90 Å². The normalized spacial score (nSPS) is 19.6. The average molecular weight is 285 g/mol. The van der Waals surface area contributed by atoms with Crippen molar-refractivity contribution in [2.24, 2.45) is 5.92 Å². The number of piperidine rings is 1. The topological polar surface area (TPSA) is 59.2 Å². The Hall–Kier alpha value is -2.01. The monoisotopic (exact) mass is 285 g/mol. The van der Waals surface area contributed by atoms with E-state index in [9.17, 15) is 4.79 Å². The van der Waals surface area contributed by atoms with Gasteiger partial charge in [-0.1, -0.05) is 35.0 Å². The Kier molecular flexibility index (Phi) is 4.10. The number of hydrogen-bond donors (Lipinski definition) is 0. The quantitative estimate of drug-likeness (QED) is 0.808. The molecule has 2 aromatic rings. The predicted molar refractivity (Wildman–Crippen MR) is 78.5 cm³/mol. The highest BCUT2D eigenvalue weighted by molar-refractivity contribution is 5.54. The molecule has 3 rings (SSSR count). The minimum atomic E-state index is 0.137. The van der Waals surface area contributed by atoms with Gasteiger partial charge < -0.3 is 9.32 Å². The van der Waals surface area contributed by atoms with Gasteiger partial charge in [-0.2, -0.15) is 4.98 Å². The Morgan fingerprint density at radius 2 is 2.19 bits per heavy atom. The Balaban J connectivity index is 1.67. The number of likely N-dealkylation sites (tertiary alicyclic amines) is 1. The number of aldehydes is 1. The van der Waals surface area contributed by atoms with Gasteiger partial charge in [0.05, 0.1) is 6.54 Å². The molecule has 5 heteroatoms. The van der Waals surface area contributed by atoms with E-state index in [2.05, 4.69) is 15.0 Å². The predicted octanol–water partition coefficient (Wildman–Crippen LogP) is 2.46. The molecule has 1 saturated heterocycles. The first-order valence-corrected chi connectivity index (χ1v) is 7.32. The van der Waals surface area contributed by atoms with Gasteiger partial charge in [0.15, 0.2) is 0 Å². The molecule has 0 amide bonds. The minimum absolute atomic E-state index is 0.137. The van der Waals surface area contributed by atoms with Crippen LogP contribution in [-0.2, 0) is 11.3 Å². The molecule has 0 bridgehead atoms. The number of benzene rings is 1. The number of aryl methyl sites for hydroxylation is 1. The molecule has 2 heterocycles. The van der Waals surface area contributed by atoms with E-state index < -0.39 is 0 Å². The van der Waals surface area contributed by atoms with Crippen molar-refractivity contribution in [2.45, 2.75) is 26.3 Å². The maximum Gasteiger partial charge on any atom is 0.241 e. The molecule has 1 atom stereocenters. The van der Waals surface area contributed by atoms with E-state index in [1.807, 2.05) is 31.2 Å². The molecule has 1 aromatic heterocycles. The molecule has 1 aromatic carbocycles. The smallest absolute Gasteiger partial charge is 0.241 e. The van der Waals surface area contributed by atoms with Crippen LogP contribution in [0.2, 0.25) is 0 Å². The van der Waals surface area contributed by atoms with Crippen LogP contribution in [0.3, 0.4) is 0 Å². The SMILES string of the molecule is Cc1ccc(-c2noc(CN3CCCC(C=O)C3)n2)cc1. The lowest BCUT2D eigenvalue weighted by Gasteiger charge is -2.28. The molecule has 0 saturated carbocycles. The van der Waals surface area contributed by atoms with Gasteiger partial charge in [-0.25, -0.2) is 0 Å². The fourth-order valence-corrected chi connectivity index (χ4v) is 2.68. The van der Waals surface area contributed by atoms with Crippen LogP contribution >= 0.6 is 0 Å². The maximum absolute atomic E-state index is 10.9. The lowest BCUT2D eigenvalue weighted by atomic mass is 10.00. The first-order valence-electron chi connectivity index (χ1n) is 7.32. The van der Waals surface area contributed by atoms with E-state index >= 15 is 0 Å². The van der Waals surface area contributed by atoms with E-state index in [-0.39, 0.29) is 5.92 Å². The lowest BCUT2D eigenvalue weighted by Crippen LogP contribution is -2.35. The highest BCUT2D eigenvalue weighted by Gasteiger charge is 2.21. The van der Waals surface area contributed by atoms with Crippen LogP contribution in [0.1, 0.15) is 24.3 Å². The highest BCUT2D eigenvalue weighted by atomic mass is 16.5. The van der Waals surface area contributed by atoms with Crippen LogP contribution < -0.4 is 0 Å². The van der Waals surface area contributed by atoms with Crippen molar-refractivity contribution in [3.8, 4) is 11.4 Å². The summed E-state index contributed by atoms with van der Waals surface area (Å²) in [6.45, 7) is 4.42. The number of nitrogens with zero attached hydrogens (tertiary/aromatic N) is 3. The molecule has 0 aliphatic carbocycles. The van der Waals surface area contributed by atoms with E-state index in [1.54, 1.807) is 0 Å². The molecule has 110 valence electrons. The minimum Gasteiger partial charge on any atom is -0.338 e. The second kappa shape index (κ2) is 6.18. The fraction of sp³-hybridized carbons (Fsp3) is 0.438. The van der Waals surface area contributed by atoms with Crippen molar-refractivity contribution in [3.63, 3.8) is 0 Å². The number of hydrogen-bond acceptors (Lipinski definition) is 5. The molecule has 21 heavy (non-hydrogen) atoms. The van der Waals surface area contributed by atoms with Crippen molar-refractivity contribution in [1.29, 1.82) is 0 Å². The van der Waals surface area contributed by atoms with Crippen molar-refractivity contribution < 1.29 is 9.32 Å². The lowest BCUT2D eigenvalue weighted by molar-refractivity contribution is -0.112. The number of aromatic nitrogens is 2. The summed E-state index contributed by atoms with van der Waals surface area (Å²) in [6.07, 6.45) is 3.08. The van der Waals surface area contributed by atoms with Crippen molar-refractivity contribution in [1.82, 2.24) is 15.0 Å². The van der Waals surface area contributed by atoms with Crippen LogP contribution in [0.15, 0.2) is 28.8 Å². The fourth-order valence-electron chi connectivity index (χ4n) is 2.68. The van der Waals surface area contributed by atoms with Gasteiger partial charge in [-0.05, 0) is 26.3 Å².